The predicted octanol–water partition coefficient (Wildman–Crippen LogP) is 1.94. The van der Waals surface area contributed by atoms with Gasteiger partial charge in [-0.3, -0.25) is 19.2 Å². The number of esters is 1. The number of ketones is 3. The molecule has 6 nitrogen and oxygen atoms in total. The number of phenols is 1. The van der Waals surface area contributed by atoms with Gasteiger partial charge in [-0.2, -0.15) is 0 Å². The van der Waals surface area contributed by atoms with Crippen molar-refractivity contribution in [2.45, 2.75) is 12.8 Å². The van der Waals surface area contributed by atoms with E-state index >= 15 is 0 Å². The van der Waals surface area contributed by atoms with E-state index in [0.717, 1.165) is 7.11 Å². The van der Waals surface area contributed by atoms with Gasteiger partial charge >= 0.3 is 5.97 Å². The summed E-state index contributed by atoms with van der Waals surface area (Å²) in [7, 11) is 1.15. The molecule has 1 aliphatic carbocycles. The summed E-state index contributed by atoms with van der Waals surface area (Å²) in [5.41, 5.74) is -0.134. The van der Waals surface area contributed by atoms with Gasteiger partial charge in [0.1, 0.15) is 18.0 Å². The highest BCUT2D eigenvalue weighted by Crippen LogP contribution is 2.35. The summed E-state index contributed by atoms with van der Waals surface area (Å²) in [5, 5.41) is 9.80. The third-order valence-corrected chi connectivity index (χ3v) is 4.03. The fourth-order valence-corrected chi connectivity index (χ4v) is 2.66. The Hall–Kier alpha value is -2.28. The highest BCUT2D eigenvalue weighted by atomic mass is 79.9. The van der Waals surface area contributed by atoms with Gasteiger partial charge in [-0.1, -0.05) is 6.07 Å². The van der Waals surface area contributed by atoms with Crippen LogP contribution in [-0.2, 0) is 14.3 Å². The van der Waals surface area contributed by atoms with Crippen LogP contribution in [0, 0.1) is 0 Å². The van der Waals surface area contributed by atoms with Crippen LogP contribution < -0.4 is 0 Å². The summed E-state index contributed by atoms with van der Waals surface area (Å²) < 4.78 is 4.35. The number of fused-ring (bicyclic) bond motifs is 1. The SMILES string of the molecule is COC(=O)CC(=O)CC1=C(Br)C(=O)c2cccc(O)c2C1=O. The molecule has 0 heterocycles. The monoisotopic (exact) mass is 366 g/mol. The van der Waals surface area contributed by atoms with Crippen molar-refractivity contribution in [1.29, 1.82) is 0 Å². The number of halogens is 1. The third-order valence-electron chi connectivity index (χ3n) is 3.20. The van der Waals surface area contributed by atoms with E-state index in [1.807, 2.05) is 0 Å². The Bertz CT molecular complexity index is 732. The second kappa shape index (κ2) is 6.23. The zero-order chi connectivity index (χ0) is 16.4. The van der Waals surface area contributed by atoms with Crippen LogP contribution in [0.3, 0.4) is 0 Å². The van der Waals surface area contributed by atoms with E-state index in [0.29, 0.717) is 0 Å². The zero-order valence-electron chi connectivity index (χ0n) is 11.5. The first kappa shape index (κ1) is 16.1. The highest BCUT2D eigenvalue weighted by Gasteiger charge is 2.34. The van der Waals surface area contributed by atoms with Crippen molar-refractivity contribution in [3.05, 3.63) is 39.4 Å². The minimum Gasteiger partial charge on any atom is -0.507 e. The van der Waals surface area contributed by atoms with Gasteiger partial charge in [-0.25, -0.2) is 0 Å². The van der Waals surface area contributed by atoms with Crippen LogP contribution in [-0.4, -0.2) is 35.5 Å². The van der Waals surface area contributed by atoms with Crippen LogP contribution in [0.5, 0.6) is 5.75 Å². The van der Waals surface area contributed by atoms with E-state index in [1.54, 1.807) is 0 Å². The molecule has 1 aromatic rings. The van der Waals surface area contributed by atoms with Crippen molar-refractivity contribution in [3.8, 4) is 5.75 Å². The Morgan fingerprint density at radius 2 is 1.91 bits per heavy atom. The molecular weight excluding hydrogens is 356 g/mol. The second-order valence-corrected chi connectivity index (χ2v) is 5.41. The molecule has 0 atom stereocenters. The van der Waals surface area contributed by atoms with Crippen molar-refractivity contribution in [1.82, 2.24) is 0 Å². The fourth-order valence-electron chi connectivity index (χ4n) is 2.12. The smallest absolute Gasteiger partial charge is 0.313 e. The molecule has 22 heavy (non-hydrogen) atoms. The number of Topliss-reactive ketones (excluding diaryl/α,β-unsaturated/α-hetero) is 3. The Morgan fingerprint density at radius 1 is 1.23 bits per heavy atom. The lowest BCUT2D eigenvalue weighted by Crippen LogP contribution is -2.22. The van der Waals surface area contributed by atoms with E-state index < -0.39 is 36.2 Å². The van der Waals surface area contributed by atoms with Crippen LogP contribution >= 0.6 is 15.9 Å². The number of carbonyl (C=O) groups is 4. The zero-order valence-corrected chi connectivity index (χ0v) is 13.1. The first-order valence-corrected chi connectivity index (χ1v) is 7.04. The molecule has 0 radical (unpaired) electrons. The molecule has 0 fully saturated rings. The molecule has 114 valence electrons. The summed E-state index contributed by atoms with van der Waals surface area (Å²) in [5.74, 6) is -2.71. The molecule has 0 saturated heterocycles. The molecule has 2 rings (SSSR count). The maximum atomic E-state index is 12.4. The summed E-state index contributed by atoms with van der Waals surface area (Å²) in [6.45, 7) is 0. The number of phenolic OH excluding ortho intramolecular Hbond substituents is 1. The van der Waals surface area contributed by atoms with E-state index in [1.165, 1.54) is 18.2 Å². The summed E-state index contributed by atoms with van der Waals surface area (Å²) in [6.07, 6.45) is -0.886. The number of ether oxygens (including phenoxy) is 1. The average Bonchev–Trinajstić information content (AvgIpc) is 2.48. The van der Waals surface area contributed by atoms with E-state index in [-0.39, 0.29) is 26.9 Å². The fraction of sp³-hybridized carbons (Fsp3) is 0.200. The lowest BCUT2D eigenvalue weighted by atomic mass is 9.86. The van der Waals surface area contributed by atoms with E-state index in [4.69, 9.17) is 0 Å². The molecule has 1 aromatic carbocycles. The first-order valence-electron chi connectivity index (χ1n) is 6.25. The highest BCUT2D eigenvalue weighted by molar-refractivity contribution is 9.12. The molecule has 0 aliphatic heterocycles. The van der Waals surface area contributed by atoms with Gasteiger partial charge in [0.2, 0.25) is 5.78 Å². The Kier molecular flexibility index (Phi) is 4.56. The van der Waals surface area contributed by atoms with Gasteiger partial charge in [0.05, 0.1) is 17.2 Å². The van der Waals surface area contributed by atoms with Crippen LogP contribution in [0.25, 0.3) is 0 Å². The largest absolute Gasteiger partial charge is 0.507 e. The molecule has 7 heteroatoms. The Morgan fingerprint density at radius 3 is 2.55 bits per heavy atom. The number of hydrogen-bond acceptors (Lipinski definition) is 6. The van der Waals surface area contributed by atoms with Crippen molar-refractivity contribution in [3.63, 3.8) is 0 Å². The predicted molar refractivity (Wildman–Crippen MR) is 79.0 cm³/mol. The van der Waals surface area contributed by atoms with Gasteiger partial charge in [0.25, 0.3) is 0 Å². The molecule has 0 spiro atoms. The Balaban J connectivity index is 2.37. The number of methoxy groups -OCH3 is 1. The number of carbonyl (C=O) groups excluding carboxylic acids is 4. The molecule has 1 aliphatic rings. The van der Waals surface area contributed by atoms with Crippen LogP contribution in [0.15, 0.2) is 28.3 Å². The lowest BCUT2D eigenvalue weighted by Gasteiger charge is -2.18. The molecule has 0 amide bonds. The van der Waals surface area contributed by atoms with Gasteiger partial charge in [0.15, 0.2) is 5.78 Å². The van der Waals surface area contributed by atoms with E-state index in [2.05, 4.69) is 20.7 Å². The minimum absolute atomic E-state index is 0.0335. The number of benzene rings is 1. The van der Waals surface area contributed by atoms with Gasteiger partial charge in [-0.15, -0.1) is 0 Å². The molecular formula is C15H11BrO6. The minimum atomic E-state index is -0.723. The second-order valence-electron chi connectivity index (χ2n) is 4.62. The number of allylic oxidation sites excluding steroid dienone is 2. The van der Waals surface area contributed by atoms with Crippen molar-refractivity contribution < 1.29 is 29.0 Å². The van der Waals surface area contributed by atoms with Crippen LogP contribution in [0.4, 0.5) is 0 Å². The summed E-state index contributed by atoms with van der Waals surface area (Å²) in [4.78, 5) is 47.5. The molecule has 0 bridgehead atoms. The molecule has 0 saturated carbocycles. The van der Waals surface area contributed by atoms with E-state index in [9.17, 15) is 24.3 Å². The standard InChI is InChI=1S/C15H11BrO6/c1-22-11(19)6-7(17)5-9-13(16)15(21)8-3-2-4-10(18)12(8)14(9)20/h2-4,18H,5-6H2,1H3. The summed E-state index contributed by atoms with van der Waals surface area (Å²) in [6, 6.07) is 4.16. The normalized spacial score (nSPS) is 13.9. The maximum absolute atomic E-state index is 12.4. The van der Waals surface area contributed by atoms with Crippen molar-refractivity contribution in [2.75, 3.05) is 7.11 Å². The van der Waals surface area contributed by atoms with Gasteiger partial charge in [0, 0.05) is 17.6 Å². The number of rotatable bonds is 4. The van der Waals surface area contributed by atoms with Crippen LogP contribution in [0.1, 0.15) is 33.6 Å². The van der Waals surface area contributed by atoms with Crippen LogP contribution in [0.2, 0.25) is 0 Å². The molecule has 0 aromatic heterocycles. The molecule has 0 unspecified atom stereocenters. The average molecular weight is 367 g/mol. The van der Waals surface area contributed by atoms with Crippen molar-refractivity contribution in [2.24, 2.45) is 0 Å². The number of hydrogen-bond donors (Lipinski definition) is 1. The maximum Gasteiger partial charge on any atom is 0.313 e. The summed E-state index contributed by atoms with van der Waals surface area (Å²) >= 11 is 3.03. The quantitative estimate of drug-likeness (QED) is 0.645. The Labute approximate surface area is 133 Å². The lowest BCUT2D eigenvalue weighted by molar-refractivity contribution is -0.143. The first-order chi connectivity index (χ1) is 10.4. The third kappa shape index (κ3) is 2.85. The molecule has 1 N–H and O–H groups in total. The number of aromatic hydroxyl groups is 1. The van der Waals surface area contributed by atoms with Gasteiger partial charge < -0.3 is 9.84 Å². The van der Waals surface area contributed by atoms with Crippen molar-refractivity contribution >= 4 is 39.2 Å². The van der Waals surface area contributed by atoms with Gasteiger partial charge in [-0.05, 0) is 28.1 Å². The topological polar surface area (TPSA) is 97.7 Å².